The van der Waals surface area contributed by atoms with Gasteiger partial charge in [0.15, 0.2) is 0 Å². The fourth-order valence-electron chi connectivity index (χ4n) is 2.14. The Hall–Kier alpha value is -2.87. The lowest BCUT2D eigenvalue weighted by Gasteiger charge is -2.08. The van der Waals surface area contributed by atoms with Gasteiger partial charge >= 0.3 is 0 Å². The fraction of sp³-hybridized carbons (Fsp3) is 0. The van der Waals surface area contributed by atoms with E-state index in [0.717, 1.165) is 6.07 Å². The van der Waals surface area contributed by atoms with Gasteiger partial charge in [-0.15, -0.1) is 0 Å². The van der Waals surface area contributed by atoms with Crippen LogP contribution in [0, 0.1) is 17.7 Å². The highest BCUT2D eigenvalue weighted by atomic mass is 35.5. The van der Waals surface area contributed by atoms with Crippen LogP contribution >= 0.6 is 23.2 Å². The van der Waals surface area contributed by atoms with Gasteiger partial charge in [0, 0.05) is 17.4 Å². The quantitative estimate of drug-likeness (QED) is 0.488. The van der Waals surface area contributed by atoms with E-state index in [4.69, 9.17) is 23.2 Å². The second-order valence-corrected chi connectivity index (χ2v) is 6.06. The van der Waals surface area contributed by atoms with Crippen molar-refractivity contribution in [3.8, 4) is 11.8 Å². The Morgan fingerprint density at radius 1 is 1.00 bits per heavy atom. The Morgan fingerprint density at radius 3 is 2.62 bits per heavy atom. The summed E-state index contributed by atoms with van der Waals surface area (Å²) in [4.78, 5) is 16.5. The van der Waals surface area contributed by atoms with Crippen molar-refractivity contribution < 1.29 is 9.18 Å². The third-order valence-electron chi connectivity index (χ3n) is 3.37. The summed E-state index contributed by atoms with van der Waals surface area (Å²) in [7, 11) is 0. The second-order valence-electron chi connectivity index (χ2n) is 5.25. The number of carbonyl (C=O) groups is 1. The molecule has 1 heterocycles. The Kier molecular flexibility index (Phi) is 5.52. The number of aromatic nitrogens is 1. The van der Waals surface area contributed by atoms with Crippen LogP contribution < -0.4 is 5.32 Å². The number of anilines is 1. The molecule has 1 aromatic heterocycles. The molecule has 0 saturated carbocycles. The van der Waals surface area contributed by atoms with Crippen molar-refractivity contribution in [2.24, 2.45) is 0 Å². The van der Waals surface area contributed by atoms with E-state index in [9.17, 15) is 9.18 Å². The maximum Gasteiger partial charge on any atom is 0.257 e. The number of pyridine rings is 1. The highest BCUT2D eigenvalue weighted by Crippen LogP contribution is 2.25. The predicted octanol–water partition coefficient (Wildman–Crippen LogP) is 5.18. The maximum atomic E-state index is 13.6. The van der Waals surface area contributed by atoms with Gasteiger partial charge in [0.1, 0.15) is 11.5 Å². The van der Waals surface area contributed by atoms with Crippen molar-refractivity contribution in [3.05, 3.63) is 93.5 Å². The first-order valence-corrected chi connectivity index (χ1v) is 8.27. The van der Waals surface area contributed by atoms with Crippen molar-refractivity contribution in [2.75, 3.05) is 5.32 Å². The minimum absolute atomic E-state index is 0.00135. The van der Waals surface area contributed by atoms with Crippen LogP contribution in [0.3, 0.4) is 0 Å². The molecule has 0 radical (unpaired) electrons. The highest BCUT2D eigenvalue weighted by Gasteiger charge is 2.14. The molecule has 0 unspecified atom stereocenters. The normalized spacial score (nSPS) is 9.96. The van der Waals surface area contributed by atoms with Crippen LogP contribution in [-0.4, -0.2) is 10.9 Å². The lowest BCUT2D eigenvalue weighted by Crippen LogP contribution is -2.13. The van der Waals surface area contributed by atoms with Gasteiger partial charge in [0.25, 0.3) is 5.91 Å². The summed E-state index contributed by atoms with van der Waals surface area (Å²) in [5.74, 6) is 4.66. The van der Waals surface area contributed by atoms with Gasteiger partial charge < -0.3 is 5.32 Å². The summed E-state index contributed by atoms with van der Waals surface area (Å²) in [5, 5.41) is 2.60. The summed E-state index contributed by atoms with van der Waals surface area (Å²) in [6.45, 7) is 0. The molecular formula is C20H11Cl2FN2O. The van der Waals surface area contributed by atoms with Gasteiger partial charge in [-0.1, -0.05) is 41.3 Å². The zero-order valence-electron chi connectivity index (χ0n) is 13.3. The molecule has 3 aromatic rings. The van der Waals surface area contributed by atoms with Crippen molar-refractivity contribution >= 4 is 34.8 Å². The number of nitrogens with one attached hydrogen (secondary N) is 1. The Morgan fingerprint density at radius 2 is 1.85 bits per heavy atom. The van der Waals surface area contributed by atoms with Crippen LogP contribution in [0.5, 0.6) is 0 Å². The molecule has 3 rings (SSSR count). The molecule has 3 nitrogen and oxygen atoms in total. The predicted molar refractivity (Wildman–Crippen MR) is 101 cm³/mol. The Labute approximate surface area is 159 Å². The SMILES string of the molecule is O=C(Nc1cccc(C#Cc2ccccn2)c1)c1cc(F)c(Cl)cc1Cl. The lowest BCUT2D eigenvalue weighted by atomic mass is 10.1. The van der Waals surface area contributed by atoms with Crippen LogP contribution in [0.25, 0.3) is 0 Å². The van der Waals surface area contributed by atoms with Gasteiger partial charge in [-0.3, -0.25) is 4.79 Å². The standard InChI is InChI=1S/C20H11Cl2FN2O/c21-17-12-18(22)19(23)11-16(17)20(26)25-15-6-3-4-13(10-15)7-8-14-5-1-2-9-24-14/h1-6,9-12H,(H,25,26). The maximum absolute atomic E-state index is 13.6. The number of halogens is 3. The van der Waals surface area contributed by atoms with Gasteiger partial charge in [-0.25, -0.2) is 9.37 Å². The van der Waals surface area contributed by atoms with Crippen LogP contribution in [0.15, 0.2) is 60.8 Å². The molecular weight excluding hydrogens is 374 g/mol. The fourth-order valence-corrected chi connectivity index (χ4v) is 2.61. The molecule has 1 amide bonds. The van der Waals surface area contributed by atoms with Gasteiger partial charge in [-0.05, 0) is 48.4 Å². The van der Waals surface area contributed by atoms with E-state index in [-0.39, 0.29) is 15.6 Å². The van der Waals surface area contributed by atoms with E-state index in [1.807, 2.05) is 12.1 Å². The highest BCUT2D eigenvalue weighted by molar-refractivity contribution is 6.37. The number of amides is 1. The van der Waals surface area contributed by atoms with Crippen LogP contribution in [0.2, 0.25) is 10.0 Å². The van der Waals surface area contributed by atoms with Crippen LogP contribution in [0.4, 0.5) is 10.1 Å². The number of carbonyl (C=O) groups excluding carboxylic acids is 1. The van der Waals surface area contributed by atoms with Gasteiger partial charge in [-0.2, -0.15) is 0 Å². The summed E-state index contributed by atoms with van der Waals surface area (Å²) in [5.41, 5.74) is 1.85. The summed E-state index contributed by atoms with van der Waals surface area (Å²) in [6, 6.07) is 14.6. The molecule has 0 fully saturated rings. The second kappa shape index (κ2) is 8.01. The molecule has 0 aliphatic heterocycles. The molecule has 6 heteroatoms. The molecule has 0 spiro atoms. The zero-order chi connectivity index (χ0) is 18.5. The Bertz CT molecular complexity index is 1030. The Balaban J connectivity index is 1.80. The van der Waals surface area contributed by atoms with Crippen molar-refractivity contribution in [1.82, 2.24) is 4.98 Å². The number of benzene rings is 2. The third kappa shape index (κ3) is 4.40. The van der Waals surface area contributed by atoms with Crippen LogP contribution in [0.1, 0.15) is 21.6 Å². The molecule has 0 saturated heterocycles. The molecule has 0 aliphatic rings. The summed E-state index contributed by atoms with van der Waals surface area (Å²) < 4.78 is 13.6. The molecule has 128 valence electrons. The van der Waals surface area contributed by atoms with Crippen LogP contribution in [-0.2, 0) is 0 Å². The van der Waals surface area contributed by atoms with Crippen molar-refractivity contribution in [2.45, 2.75) is 0 Å². The zero-order valence-corrected chi connectivity index (χ0v) is 14.8. The van der Waals surface area contributed by atoms with E-state index in [0.29, 0.717) is 16.9 Å². The van der Waals surface area contributed by atoms with Gasteiger partial charge in [0.2, 0.25) is 0 Å². The van der Waals surface area contributed by atoms with Crippen molar-refractivity contribution in [1.29, 1.82) is 0 Å². The summed E-state index contributed by atoms with van der Waals surface area (Å²) in [6.07, 6.45) is 1.66. The van der Waals surface area contributed by atoms with E-state index in [1.165, 1.54) is 6.07 Å². The average molecular weight is 385 g/mol. The monoisotopic (exact) mass is 384 g/mol. The molecule has 26 heavy (non-hydrogen) atoms. The number of nitrogens with zero attached hydrogens (tertiary/aromatic N) is 1. The number of rotatable bonds is 2. The molecule has 2 aromatic carbocycles. The van der Waals surface area contributed by atoms with E-state index < -0.39 is 11.7 Å². The largest absolute Gasteiger partial charge is 0.322 e. The minimum atomic E-state index is -0.712. The summed E-state index contributed by atoms with van der Waals surface area (Å²) >= 11 is 11.6. The molecule has 0 atom stereocenters. The minimum Gasteiger partial charge on any atom is -0.322 e. The van der Waals surface area contributed by atoms with E-state index >= 15 is 0 Å². The number of hydrogen-bond acceptors (Lipinski definition) is 2. The average Bonchev–Trinajstić information content (AvgIpc) is 2.64. The van der Waals surface area contributed by atoms with Crippen molar-refractivity contribution in [3.63, 3.8) is 0 Å². The molecule has 0 aliphatic carbocycles. The topological polar surface area (TPSA) is 42.0 Å². The van der Waals surface area contributed by atoms with E-state index in [1.54, 1.807) is 36.5 Å². The molecule has 1 N–H and O–H groups in total. The van der Waals surface area contributed by atoms with Gasteiger partial charge in [0.05, 0.1) is 15.6 Å². The third-order valence-corrected chi connectivity index (χ3v) is 3.98. The first-order chi connectivity index (χ1) is 12.5. The lowest BCUT2D eigenvalue weighted by molar-refractivity contribution is 0.102. The molecule has 0 bridgehead atoms. The first kappa shape index (κ1) is 17.9. The number of hydrogen-bond donors (Lipinski definition) is 1. The van der Waals surface area contributed by atoms with E-state index in [2.05, 4.69) is 22.1 Å². The smallest absolute Gasteiger partial charge is 0.257 e. The first-order valence-electron chi connectivity index (χ1n) is 7.52.